The molecule has 114 valence electrons. The highest BCUT2D eigenvalue weighted by Gasteiger charge is 2.46. The van der Waals surface area contributed by atoms with Crippen LogP contribution in [0.15, 0.2) is 24.3 Å². The van der Waals surface area contributed by atoms with E-state index in [1.807, 2.05) is 0 Å². The van der Waals surface area contributed by atoms with Crippen molar-refractivity contribution in [3.05, 3.63) is 29.8 Å². The van der Waals surface area contributed by atoms with Gasteiger partial charge in [0, 0.05) is 6.54 Å². The van der Waals surface area contributed by atoms with Crippen molar-refractivity contribution < 1.29 is 19.8 Å². The first-order chi connectivity index (χ1) is 9.84. The number of aliphatic carboxylic acids is 1. The number of phenols is 1. The van der Waals surface area contributed by atoms with Gasteiger partial charge in [0.05, 0.1) is 6.04 Å². The lowest BCUT2D eigenvalue weighted by molar-refractivity contribution is -0.155. The van der Waals surface area contributed by atoms with Crippen molar-refractivity contribution in [1.29, 1.82) is 0 Å². The Morgan fingerprint density at radius 2 is 2.00 bits per heavy atom. The average Bonchev–Trinajstić information content (AvgIpc) is 2.84. The Kier molecular flexibility index (Phi) is 4.18. The minimum atomic E-state index is -1.16. The first-order valence-corrected chi connectivity index (χ1v) is 6.93. The number of aromatic hydroxyl groups is 1. The van der Waals surface area contributed by atoms with Crippen molar-refractivity contribution in [2.24, 2.45) is 5.73 Å². The minimum absolute atomic E-state index is 0.150. The first kappa shape index (κ1) is 15.3. The number of amides is 1. The molecule has 6 nitrogen and oxygen atoms in total. The number of carbonyl (C=O) groups excluding carboxylic acids is 1. The van der Waals surface area contributed by atoms with Crippen molar-refractivity contribution in [3.63, 3.8) is 0 Å². The van der Waals surface area contributed by atoms with Crippen LogP contribution in [0.3, 0.4) is 0 Å². The van der Waals surface area contributed by atoms with Crippen LogP contribution >= 0.6 is 0 Å². The molecule has 0 radical (unpaired) electrons. The summed E-state index contributed by atoms with van der Waals surface area (Å²) in [5.74, 6) is -1.19. The third kappa shape index (κ3) is 3.00. The summed E-state index contributed by atoms with van der Waals surface area (Å²) in [5.41, 5.74) is 5.60. The van der Waals surface area contributed by atoms with Crippen LogP contribution in [0.5, 0.6) is 5.75 Å². The Morgan fingerprint density at radius 1 is 1.38 bits per heavy atom. The molecule has 2 atom stereocenters. The lowest BCUT2D eigenvalue weighted by Gasteiger charge is -2.33. The summed E-state index contributed by atoms with van der Waals surface area (Å²) in [6.45, 7) is 1.98. The number of hydrogen-bond donors (Lipinski definition) is 3. The van der Waals surface area contributed by atoms with E-state index in [9.17, 15) is 19.8 Å². The third-order valence-electron chi connectivity index (χ3n) is 4.08. The Hall–Kier alpha value is -2.08. The monoisotopic (exact) mass is 292 g/mol. The van der Waals surface area contributed by atoms with Crippen LogP contribution in [0, 0.1) is 0 Å². The Morgan fingerprint density at radius 3 is 2.57 bits per heavy atom. The van der Waals surface area contributed by atoms with Crippen LogP contribution in [0.2, 0.25) is 0 Å². The zero-order chi connectivity index (χ0) is 15.6. The summed E-state index contributed by atoms with van der Waals surface area (Å²) in [7, 11) is 0. The molecule has 4 N–H and O–H groups in total. The number of carbonyl (C=O) groups is 2. The van der Waals surface area contributed by atoms with E-state index in [2.05, 4.69) is 0 Å². The van der Waals surface area contributed by atoms with E-state index < -0.39 is 17.6 Å². The molecule has 21 heavy (non-hydrogen) atoms. The molecule has 0 spiro atoms. The number of carboxylic acids is 1. The average molecular weight is 292 g/mol. The molecule has 1 heterocycles. The molecule has 1 aromatic carbocycles. The van der Waals surface area contributed by atoms with Gasteiger partial charge in [-0.05, 0) is 43.9 Å². The quantitative estimate of drug-likeness (QED) is 0.759. The summed E-state index contributed by atoms with van der Waals surface area (Å²) in [6, 6.07) is 5.67. The van der Waals surface area contributed by atoms with Gasteiger partial charge in [-0.1, -0.05) is 12.1 Å². The van der Waals surface area contributed by atoms with E-state index in [1.165, 1.54) is 17.0 Å². The highest BCUT2D eigenvalue weighted by Crippen LogP contribution is 2.30. The summed E-state index contributed by atoms with van der Waals surface area (Å²) < 4.78 is 0. The maximum atomic E-state index is 12.4. The van der Waals surface area contributed by atoms with E-state index in [-0.39, 0.29) is 11.7 Å². The largest absolute Gasteiger partial charge is 0.508 e. The predicted octanol–water partition coefficient (Wildman–Crippen LogP) is 0.728. The Labute approximate surface area is 123 Å². The fraction of sp³-hybridized carbons (Fsp3) is 0.467. The lowest BCUT2D eigenvalue weighted by Crippen LogP contribution is -2.55. The second-order valence-electron chi connectivity index (χ2n) is 5.65. The molecule has 0 saturated carbocycles. The van der Waals surface area contributed by atoms with E-state index in [0.717, 1.165) is 5.56 Å². The van der Waals surface area contributed by atoms with E-state index in [0.29, 0.717) is 25.8 Å². The normalized spacial score (nSPS) is 23.0. The van der Waals surface area contributed by atoms with Crippen LogP contribution in [0.25, 0.3) is 0 Å². The molecule has 0 aromatic heterocycles. The predicted molar refractivity (Wildman–Crippen MR) is 76.8 cm³/mol. The number of rotatable bonds is 4. The number of carboxylic acid groups (broad SMARTS) is 1. The van der Waals surface area contributed by atoms with Crippen LogP contribution in [0.1, 0.15) is 25.3 Å². The third-order valence-corrected chi connectivity index (χ3v) is 4.08. The van der Waals surface area contributed by atoms with E-state index in [4.69, 9.17) is 5.73 Å². The standard InChI is InChI=1S/C15H20N2O4/c1-15(14(20)21)7-2-8-17(15)13(19)12(16)9-10-3-5-11(18)6-4-10/h3-6,12,18H,2,7-9,16H2,1H3,(H,20,21). The van der Waals surface area contributed by atoms with Gasteiger partial charge in [0.25, 0.3) is 0 Å². The van der Waals surface area contributed by atoms with Crippen LogP contribution in [-0.2, 0) is 16.0 Å². The topological polar surface area (TPSA) is 104 Å². The molecule has 1 aromatic rings. The van der Waals surface area contributed by atoms with Crippen LogP contribution in [-0.4, -0.2) is 45.1 Å². The van der Waals surface area contributed by atoms with Gasteiger partial charge in [0.15, 0.2) is 0 Å². The Bertz CT molecular complexity index is 543. The van der Waals surface area contributed by atoms with Crippen molar-refractivity contribution in [3.8, 4) is 5.75 Å². The highest BCUT2D eigenvalue weighted by molar-refractivity contribution is 5.90. The maximum Gasteiger partial charge on any atom is 0.329 e. The molecule has 2 unspecified atom stereocenters. The van der Waals surface area contributed by atoms with Gasteiger partial charge in [0.1, 0.15) is 11.3 Å². The number of phenolic OH excluding ortho intramolecular Hbond substituents is 1. The number of nitrogens with zero attached hydrogens (tertiary/aromatic N) is 1. The SMILES string of the molecule is CC1(C(=O)O)CCCN1C(=O)C(N)Cc1ccc(O)cc1. The molecule has 1 aliphatic heterocycles. The van der Waals surface area contributed by atoms with Crippen LogP contribution in [0.4, 0.5) is 0 Å². The fourth-order valence-electron chi connectivity index (χ4n) is 2.71. The number of likely N-dealkylation sites (tertiary alicyclic amines) is 1. The van der Waals surface area contributed by atoms with Crippen molar-refractivity contribution in [2.75, 3.05) is 6.54 Å². The molecule has 1 fully saturated rings. The van der Waals surface area contributed by atoms with Crippen LogP contribution < -0.4 is 5.73 Å². The minimum Gasteiger partial charge on any atom is -0.508 e. The molecule has 1 saturated heterocycles. The van der Waals surface area contributed by atoms with Gasteiger partial charge >= 0.3 is 5.97 Å². The second-order valence-corrected chi connectivity index (χ2v) is 5.65. The summed E-state index contributed by atoms with van der Waals surface area (Å²) in [4.78, 5) is 25.2. The molecular formula is C15H20N2O4. The Balaban J connectivity index is 2.08. The van der Waals surface area contributed by atoms with Crippen molar-refractivity contribution in [2.45, 2.75) is 37.8 Å². The summed E-state index contributed by atoms with van der Waals surface area (Å²) in [5, 5.41) is 18.6. The first-order valence-electron chi connectivity index (χ1n) is 6.93. The smallest absolute Gasteiger partial charge is 0.329 e. The van der Waals surface area contributed by atoms with Gasteiger partial charge in [-0.25, -0.2) is 4.79 Å². The fourth-order valence-corrected chi connectivity index (χ4v) is 2.71. The maximum absolute atomic E-state index is 12.4. The number of nitrogens with two attached hydrogens (primary N) is 1. The van der Waals surface area contributed by atoms with Gasteiger partial charge in [-0.2, -0.15) is 0 Å². The highest BCUT2D eigenvalue weighted by atomic mass is 16.4. The lowest BCUT2D eigenvalue weighted by atomic mass is 9.97. The van der Waals surface area contributed by atoms with E-state index >= 15 is 0 Å². The zero-order valence-electron chi connectivity index (χ0n) is 12.0. The zero-order valence-corrected chi connectivity index (χ0v) is 12.0. The molecular weight excluding hydrogens is 272 g/mol. The van der Waals surface area contributed by atoms with Gasteiger partial charge in [-0.3, -0.25) is 4.79 Å². The van der Waals surface area contributed by atoms with Gasteiger partial charge in [0.2, 0.25) is 5.91 Å². The molecule has 1 aliphatic rings. The molecule has 0 aliphatic carbocycles. The molecule has 2 rings (SSSR count). The van der Waals surface area contributed by atoms with Gasteiger partial charge < -0.3 is 20.8 Å². The van der Waals surface area contributed by atoms with Gasteiger partial charge in [-0.15, -0.1) is 0 Å². The van der Waals surface area contributed by atoms with E-state index in [1.54, 1.807) is 19.1 Å². The molecule has 1 amide bonds. The number of hydrogen-bond acceptors (Lipinski definition) is 4. The molecule has 6 heteroatoms. The summed E-state index contributed by atoms with van der Waals surface area (Å²) >= 11 is 0. The summed E-state index contributed by atoms with van der Waals surface area (Å²) in [6.07, 6.45) is 1.42. The second kappa shape index (κ2) is 5.73. The molecule has 0 bridgehead atoms. The number of benzene rings is 1. The van der Waals surface area contributed by atoms with Crippen molar-refractivity contribution >= 4 is 11.9 Å². The van der Waals surface area contributed by atoms with Crippen molar-refractivity contribution in [1.82, 2.24) is 4.90 Å².